The summed E-state index contributed by atoms with van der Waals surface area (Å²) in [6, 6.07) is 2.37. The van der Waals surface area contributed by atoms with Crippen LogP contribution in [0.4, 0.5) is 13.2 Å². The normalized spacial score (nSPS) is 25.6. The number of benzene rings is 1. The highest BCUT2D eigenvalue weighted by Gasteiger charge is 2.37. The number of alkyl halides is 2. The summed E-state index contributed by atoms with van der Waals surface area (Å²) in [5, 5.41) is 3.24. The van der Waals surface area contributed by atoms with Gasteiger partial charge in [-0.2, -0.15) is 8.78 Å². The number of halogens is 3. The predicted molar refractivity (Wildman–Crippen MR) is 57.4 cm³/mol. The largest absolute Gasteiger partial charge is 0.488 e. The molecule has 0 radical (unpaired) electrons. The summed E-state index contributed by atoms with van der Waals surface area (Å²) in [7, 11) is 0. The first-order valence-corrected chi connectivity index (χ1v) is 5.83. The van der Waals surface area contributed by atoms with Crippen LogP contribution in [0.5, 0.6) is 11.5 Å². The van der Waals surface area contributed by atoms with Crippen molar-refractivity contribution in [3.63, 3.8) is 0 Å². The van der Waals surface area contributed by atoms with Gasteiger partial charge in [-0.25, -0.2) is 4.39 Å². The minimum atomic E-state index is -3.04. The Kier molecular flexibility index (Phi) is 2.81. The molecule has 0 saturated carbocycles. The summed E-state index contributed by atoms with van der Waals surface area (Å²) in [5.74, 6) is -0.829. The van der Waals surface area contributed by atoms with Crippen molar-refractivity contribution >= 4 is 0 Å². The molecule has 0 amide bonds. The zero-order valence-electron chi connectivity index (χ0n) is 9.46. The van der Waals surface area contributed by atoms with E-state index in [1.165, 1.54) is 12.1 Å². The van der Waals surface area contributed by atoms with Crippen molar-refractivity contribution < 1.29 is 22.6 Å². The van der Waals surface area contributed by atoms with E-state index in [-0.39, 0.29) is 12.1 Å². The fourth-order valence-electron chi connectivity index (χ4n) is 2.54. The van der Waals surface area contributed by atoms with Gasteiger partial charge < -0.3 is 14.8 Å². The maximum atomic E-state index is 13.6. The van der Waals surface area contributed by atoms with E-state index < -0.39 is 18.2 Å². The Labute approximate surface area is 102 Å². The smallest absolute Gasteiger partial charge is 0.387 e. The molecule has 1 fully saturated rings. The zero-order chi connectivity index (χ0) is 12.7. The van der Waals surface area contributed by atoms with Crippen molar-refractivity contribution in [2.45, 2.75) is 31.6 Å². The molecule has 2 atom stereocenters. The summed E-state index contributed by atoms with van der Waals surface area (Å²) in [6.07, 6.45) is 1.81. The molecule has 2 aliphatic rings. The van der Waals surface area contributed by atoms with Crippen molar-refractivity contribution in [1.29, 1.82) is 0 Å². The first-order valence-electron chi connectivity index (χ1n) is 5.83. The first-order chi connectivity index (χ1) is 8.65. The van der Waals surface area contributed by atoms with Gasteiger partial charge in [0.1, 0.15) is 11.9 Å². The molecule has 0 spiro atoms. The van der Waals surface area contributed by atoms with Gasteiger partial charge in [-0.1, -0.05) is 0 Å². The molecule has 98 valence electrons. The van der Waals surface area contributed by atoms with Gasteiger partial charge in [-0.05, 0) is 25.5 Å². The molecule has 6 heteroatoms. The van der Waals surface area contributed by atoms with E-state index in [2.05, 4.69) is 10.1 Å². The molecule has 3 rings (SSSR count). The molecular formula is C12H12F3NO2. The van der Waals surface area contributed by atoms with Crippen LogP contribution in [0, 0.1) is 5.82 Å². The second kappa shape index (κ2) is 4.35. The summed E-state index contributed by atoms with van der Waals surface area (Å²) in [5.41, 5.74) is 0.679. The van der Waals surface area contributed by atoms with Gasteiger partial charge >= 0.3 is 6.61 Å². The van der Waals surface area contributed by atoms with Crippen molar-refractivity contribution in [2.75, 3.05) is 6.54 Å². The Morgan fingerprint density at radius 1 is 1.39 bits per heavy atom. The summed E-state index contributed by atoms with van der Waals surface area (Å²) >= 11 is 0. The van der Waals surface area contributed by atoms with Crippen molar-refractivity contribution in [3.05, 3.63) is 23.5 Å². The van der Waals surface area contributed by atoms with E-state index >= 15 is 0 Å². The van der Waals surface area contributed by atoms with E-state index in [0.29, 0.717) is 11.3 Å². The Morgan fingerprint density at radius 2 is 2.22 bits per heavy atom. The lowest BCUT2D eigenvalue weighted by Crippen LogP contribution is -2.36. The monoisotopic (exact) mass is 259 g/mol. The molecule has 1 aromatic rings. The summed E-state index contributed by atoms with van der Waals surface area (Å²) in [4.78, 5) is 0. The van der Waals surface area contributed by atoms with E-state index in [1.54, 1.807) is 0 Å². The topological polar surface area (TPSA) is 30.5 Å². The van der Waals surface area contributed by atoms with Gasteiger partial charge in [0.2, 0.25) is 0 Å². The molecule has 0 bridgehead atoms. The molecule has 2 unspecified atom stereocenters. The van der Waals surface area contributed by atoms with E-state index in [9.17, 15) is 13.2 Å². The van der Waals surface area contributed by atoms with Gasteiger partial charge in [-0.3, -0.25) is 0 Å². The summed E-state index contributed by atoms with van der Waals surface area (Å²) in [6.45, 7) is -2.19. The minimum absolute atomic E-state index is 0.0463. The third kappa shape index (κ3) is 1.90. The molecule has 0 aromatic heterocycles. The lowest BCUT2D eigenvalue weighted by atomic mass is 9.97. The third-order valence-electron chi connectivity index (χ3n) is 3.30. The standard InChI is InChI=1S/C12H12F3NO2/c13-7-4-6-9(5-10(7)18-12(14)15)17-8-2-1-3-16-11(6)8/h4-5,8,11-12,16H,1-3H2. The van der Waals surface area contributed by atoms with E-state index in [0.717, 1.165) is 19.4 Å². The van der Waals surface area contributed by atoms with Crippen LogP contribution >= 0.6 is 0 Å². The minimum Gasteiger partial charge on any atom is -0.488 e. The fraction of sp³-hybridized carbons (Fsp3) is 0.500. The van der Waals surface area contributed by atoms with Crippen LogP contribution < -0.4 is 14.8 Å². The van der Waals surface area contributed by atoms with Crippen LogP contribution in [-0.4, -0.2) is 19.3 Å². The van der Waals surface area contributed by atoms with Crippen LogP contribution in [0.1, 0.15) is 24.4 Å². The number of piperidine rings is 1. The van der Waals surface area contributed by atoms with Crippen LogP contribution in [0.2, 0.25) is 0 Å². The molecule has 1 saturated heterocycles. The van der Waals surface area contributed by atoms with Crippen LogP contribution in [0.3, 0.4) is 0 Å². The van der Waals surface area contributed by atoms with Gasteiger partial charge in [0, 0.05) is 11.6 Å². The Hall–Kier alpha value is -1.43. The molecular weight excluding hydrogens is 247 g/mol. The first kappa shape index (κ1) is 11.6. The van der Waals surface area contributed by atoms with Crippen molar-refractivity contribution in [1.82, 2.24) is 5.32 Å². The molecule has 2 heterocycles. The molecule has 1 N–H and O–H groups in total. The number of hydrogen-bond donors (Lipinski definition) is 1. The second-order valence-electron chi connectivity index (χ2n) is 4.43. The van der Waals surface area contributed by atoms with Crippen LogP contribution in [-0.2, 0) is 0 Å². The highest BCUT2D eigenvalue weighted by atomic mass is 19.3. The lowest BCUT2D eigenvalue weighted by Gasteiger charge is -2.25. The molecule has 18 heavy (non-hydrogen) atoms. The highest BCUT2D eigenvalue weighted by Crippen LogP contribution is 2.43. The highest BCUT2D eigenvalue weighted by molar-refractivity contribution is 5.47. The fourth-order valence-corrected chi connectivity index (χ4v) is 2.54. The SMILES string of the molecule is Fc1cc2c(cc1OC(F)F)OC1CCCNC21. The van der Waals surface area contributed by atoms with Gasteiger partial charge in [0.05, 0.1) is 6.04 Å². The second-order valence-corrected chi connectivity index (χ2v) is 4.43. The number of rotatable bonds is 2. The van der Waals surface area contributed by atoms with Gasteiger partial charge in [0.25, 0.3) is 0 Å². The third-order valence-corrected chi connectivity index (χ3v) is 3.30. The van der Waals surface area contributed by atoms with Gasteiger partial charge in [-0.15, -0.1) is 0 Å². The average molecular weight is 259 g/mol. The lowest BCUT2D eigenvalue weighted by molar-refractivity contribution is -0.0522. The quantitative estimate of drug-likeness (QED) is 0.885. The predicted octanol–water partition coefficient (Wildman–Crippen LogP) is 2.61. The molecule has 2 aliphatic heterocycles. The average Bonchev–Trinajstić information content (AvgIpc) is 2.67. The molecule has 3 nitrogen and oxygen atoms in total. The number of nitrogens with one attached hydrogen (secondary N) is 1. The van der Waals surface area contributed by atoms with E-state index in [1.807, 2.05) is 0 Å². The van der Waals surface area contributed by atoms with Crippen LogP contribution in [0.25, 0.3) is 0 Å². The maximum Gasteiger partial charge on any atom is 0.387 e. The van der Waals surface area contributed by atoms with Crippen LogP contribution in [0.15, 0.2) is 12.1 Å². The van der Waals surface area contributed by atoms with E-state index in [4.69, 9.17) is 4.74 Å². The van der Waals surface area contributed by atoms with Crippen molar-refractivity contribution in [3.8, 4) is 11.5 Å². The summed E-state index contributed by atoms with van der Waals surface area (Å²) < 4.78 is 47.6. The Morgan fingerprint density at radius 3 is 3.00 bits per heavy atom. The zero-order valence-corrected chi connectivity index (χ0v) is 9.46. The maximum absolute atomic E-state index is 13.6. The Balaban J connectivity index is 1.93. The number of fused-ring (bicyclic) bond motifs is 3. The number of hydrogen-bond acceptors (Lipinski definition) is 3. The Bertz CT molecular complexity index is 467. The number of ether oxygens (including phenoxy) is 2. The molecule has 1 aromatic carbocycles. The molecule has 0 aliphatic carbocycles. The van der Waals surface area contributed by atoms with Crippen molar-refractivity contribution in [2.24, 2.45) is 0 Å². The van der Waals surface area contributed by atoms with Gasteiger partial charge in [0.15, 0.2) is 11.6 Å².